The first kappa shape index (κ1) is 16.7. The summed E-state index contributed by atoms with van der Waals surface area (Å²) in [7, 11) is 0. The Balaban J connectivity index is 1.89. The molecule has 1 fully saturated rings. The van der Waals surface area contributed by atoms with E-state index in [4.69, 9.17) is 4.74 Å². The van der Waals surface area contributed by atoms with Gasteiger partial charge in [0.15, 0.2) is 6.61 Å². The van der Waals surface area contributed by atoms with Crippen LogP contribution < -0.4 is 5.32 Å². The average Bonchev–Trinajstić information content (AvgIpc) is 2.53. The van der Waals surface area contributed by atoms with Crippen LogP contribution in [0.5, 0.6) is 0 Å². The van der Waals surface area contributed by atoms with Gasteiger partial charge in [-0.2, -0.15) is 0 Å². The highest BCUT2D eigenvalue weighted by atomic mass is 19.1. The predicted octanol–water partition coefficient (Wildman–Crippen LogP) is 0.731. The lowest BCUT2D eigenvalue weighted by Gasteiger charge is -2.26. The molecule has 0 aromatic heterocycles. The molecule has 1 aromatic carbocycles. The van der Waals surface area contributed by atoms with Crippen LogP contribution in [-0.4, -0.2) is 48.9 Å². The van der Waals surface area contributed by atoms with E-state index < -0.39 is 24.3 Å². The van der Waals surface area contributed by atoms with Gasteiger partial charge >= 0.3 is 5.97 Å². The Bertz CT molecular complexity index is 657. The molecule has 1 aliphatic rings. The zero-order valence-electron chi connectivity index (χ0n) is 12.7. The molecule has 0 spiro atoms. The van der Waals surface area contributed by atoms with Crippen molar-refractivity contribution in [3.05, 3.63) is 41.7 Å². The van der Waals surface area contributed by atoms with Crippen molar-refractivity contribution in [3.8, 4) is 0 Å². The monoisotopic (exact) mass is 320 g/mol. The van der Waals surface area contributed by atoms with E-state index in [1.165, 1.54) is 11.0 Å². The molecule has 0 saturated carbocycles. The van der Waals surface area contributed by atoms with E-state index in [1.54, 1.807) is 25.1 Å². The smallest absolute Gasteiger partial charge is 0.331 e. The Kier molecular flexibility index (Phi) is 5.46. The van der Waals surface area contributed by atoms with Crippen molar-refractivity contribution in [1.82, 2.24) is 10.2 Å². The van der Waals surface area contributed by atoms with Crippen molar-refractivity contribution in [1.29, 1.82) is 0 Å². The topological polar surface area (TPSA) is 75.7 Å². The molecule has 0 unspecified atom stereocenters. The van der Waals surface area contributed by atoms with Crippen LogP contribution >= 0.6 is 0 Å². The number of allylic oxidation sites excluding steroid dienone is 1. The summed E-state index contributed by atoms with van der Waals surface area (Å²) < 4.78 is 18.5. The number of hydrogen-bond donors (Lipinski definition) is 1. The molecule has 2 rings (SSSR count). The van der Waals surface area contributed by atoms with E-state index >= 15 is 0 Å². The molecule has 0 atom stereocenters. The number of carbonyl (C=O) groups excluding carboxylic acids is 3. The molecule has 1 heterocycles. The number of hydrogen-bond acceptors (Lipinski definition) is 4. The third-order valence-corrected chi connectivity index (χ3v) is 3.36. The fourth-order valence-electron chi connectivity index (χ4n) is 2.15. The van der Waals surface area contributed by atoms with Gasteiger partial charge in [-0.05, 0) is 18.6 Å². The minimum atomic E-state index is -0.736. The van der Waals surface area contributed by atoms with Gasteiger partial charge in [0, 0.05) is 24.7 Å². The summed E-state index contributed by atoms with van der Waals surface area (Å²) in [5.74, 6) is -1.86. The van der Waals surface area contributed by atoms with Crippen LogP contribution in [0.15, 0.2) is 30.3 Å². The molecule has 0 aliphatic carbocycles. The highest BCUT2D eigenvalue weighted by Gasteiger charge is 2.21. The van der Waals surface area contributed by atoms with Gasteiger partial charge in [-0.25, -0.2) is 9.18 Å². The molecular weight excluding hydrogens is 303 g/mol. The number of piperazine rings is 1. The number of rotatable bonds is 4. The number of ether oxygens (including phenoxy) is 1. The van der Waals surface area contributed by atoms with Crippen molar-refractivity contribution >= 4 is 23.4 Å². The number of carbonyl (C=O) groups is 3. The number of halogens is 1. The first-order valence-electron chi connectivity index (χ1n) is 7.12. The molecule has 0 bridgehead atoms. The Morgan fingerprint density at radius 2 is 2.13 bits per heavy atom. The Hall–Kier alpha value is -2.70. The average molecular weight is 320 g/mol. The quantitative estimate of drug-likeness (QED) is 0.655. The third kappa shape index (κ3) is 4.64. The van der Waals surface area contributed by atoms with Gasteiger partial charge in [-0.15, -0.1) is 0 Å². The molecule has 0 radical (unpaired) electrons. The fourth-order valence-corrected chi connectivity index (χ4v) is 2.15. The summed E-state index contributed by atoms with van der Waals surface area (Å²) in [5, 5.41) is 2.60. The molecule has 1 saturated heterocycles. The highest BCUT2D eigenvalue weighted by molar-refractivity contribution is 5.93. The first-order valence-corrected chi connectivity index (χ1v) is 7.12. The number of nitrogens with zero attached hydrogens (tertiary/aromatic N) is 1. The maximum Gasteiger partial charge on any atom is 0.331 e. The van der Waals surface area contributed by atoms with Crippen molar-refractivity contribution in [2.24, 2.45) is 0 Å². The van der Waals surface area contributed by atoms with Crippen molar-refractivity contribution in [2.45, 2.75) is 6.92 Å². The van der Waals surface area contributed by atoms with Gasteiger partial charge in [-0.1, -0.05) is 18.2 Å². The minimum absolute atomic E-state index is 0.0412. The molecule has 122 valence electrons. The number of esters is 1. The van der Waals surface area contributed by atoms with Crippen LogP contribution in [0.4, 0.5) is 4.39 Å². The van der Waals surface area contributed by atoms with Gasteiger partial charge in [-0.3, -0.25) is 9.59 Å². The van der Waals surface area contributed by atoms with E-state index in [9.17, 15) is 18.8 Å². The van der Waals surface area contributed by atoms with E-state index in [0.717, 1.165) is 6.08 Å². The maximum atomic E-state index is 13.6. The zero-order valence-corrected chi connectivity index (χ0v) is 12.7. The Morgan fingerprint density at radius 3 is 2.83 bits per heavy atom. The summed E-state index contributed by atoms with van der Waals surface area (Å²) in [6.45, 7) is 1.85. The third-order valence-electron chi connectivity index (χ3n) is 3.36. The van der Waals surface area contributed by atoms with Crippen molar-refractivity contribution in [2.75, 3.05) is 26.2 Å². The normalized spacial score (nSPS) is 15.1. The maximum absolute atomic E-state index is 13.6. The lowest BCUT2D eigenvalue weighted by Crippen LogP contribution is -2.51. The number of nitrogens with one attached hydrogen (secondary N) is 1. The van der Waals surface area contributed by atoms with Crippen LogP contribution in [0.25, 0.3) is 5.57 Å². The van der Waals surface area contributed by atoms with Gasteiger partial charge in [0.05, 0.1) is 6.54 Å². The number of amides is 2. The van der Waals surface area contributed by atoms with E-state index in [0.29, 0.717) is 24.2 Å². The van der Waals surface area contributed by atoms with E-state index in [1.807, 2.05) is 0 Å². The molecular formula is C16H17FN2O4. The molecule has 6 nitrogen and oxygen atoms in total. The van der Waals surface area contributed by atoms with Crippen molar-refractivity contribution in [3.63, 3.8) is 0 Å². The lowest BCUT2D eigenvalue weighted by atomic mass is 10.1. The second kappa shape index (κ2) is 7.53. The highest BCUT2D eigenvalue weighted by Crippen LogP contribution is 2.17. The second-order valence-electron chi connectivity index (χ2n) is 5.08. The Morgan fingerprint density at radius 1 is 1.39 bits per heavy atom. The molecule has 2 amide bonds. The standard InChI is InChI=1S/C16H17FN2O4/c1-11(12-4-2-3-5-13(12)17)8-16(22)23-10-15(21)19-7-6-18-14(20)9-19/h2-5,8H,6-7,9-10H2,1H3,(H,18,20). The summed E-state index contributed by atoms with van der Waals surface area (Å²) in [6.07, 6.45) is 1.13. The van der Waals surface area contributed by atoms with Crippen LogP contribution in [0, 0.1) is 5.82 Å². The second-order valence-corrected chi connectivity index (χ2v) is 5.08. The lowest BCUT2D eigenvalue weighted by molar-refractivity contribution is -0.149. The summed E-state index contributed by atoms with van der Waals surface area (Å²) in [4.78, 5) is 36.1. The van der Waals surface area contributed by atoms with Gasteiger partial charge in [0.25, 0.3) is 5.91 Å². The zero-order chi connectivity index (χ0) is 16.8. The van der Waals surface area contributed by atoms with Gasteiger partial charge in [0.2, 0.25) is 5.91 Å². The van der Waals surface area contributed by atoms with Crippen LogP contribution in [-0.2, 0) is 19.1 Å². The Labute approximate surface area is 132 Å². The predicted molar refractivity (Wildman–Crippen MR) is 80.6 cm³/mol. The van der Waals surface area contributed by atoms with Gasteiger partial charge < -0.3 is 15.0 Å². The largest absolute Gasteiger partial charge is 0.452 e. The molecule has 1 aliphatic heterocycles. The fraction of sp³-hybridized carbons (Fsp3) is 0.312. The summed E-state index contributed by atoms with van der Waals surface area (Å²) >= 11 is 0. The van der Waals surface area contributed by atoms with Crippen LogP contribution in [0.3, 0.4) is 0 Å². The summed E-state index contributed by atoms with van der Waals surface area (Å²) in [5.41, 5.74) is 0.696. The first-order chi connectivity index (χ1) is 11.0. The van der Waals surface area contributed by atoms with Crippen molar-refractivity contribution < 1.29 is 23.5 Å². The van der Waals surface area contributed by atoms with E-state index in [2.05, 4.69) is 5.32 Å². The summed E-state index contributed by atoms with van der Waals surface area (Å²) in [6, 6.07) is 6.05. The van der Waals surface area contributed by atoms with E-state index in [-0.39, 0.29) is 12.5 Å². The number of benzene rings is 1. The van der Waals surface area contributed by atoms with Crippen LogP contribution in [0.2, 0.25) is 0 Å². The molecule has 1 aromatic rings. The molecule has 23 heavy (non-hydrogen) atoms. The minimum Gasteiger partial charge on any atom is -0.452 e. The van der Waals surface area contributed by atoms with Gasteiger partial charge in [0.1, 0.15) is 5.82 Å². The van der Waals surface area contributed by atoms with Crippen LogP contribution in [0.1, 0.15) is 12.5 Å². The molecule has 1 N–H and O–H groups in total. The molecule has 7 heteroatoms. The SMILES string of the molecule is CC(=CC(=O)OCC(=O)N1CCNC(=O)C1)c1ccccc1F.